The molecule has 4 nitrogen and oxygen atoms in total. The summed E-state index contributed by atoms with van der Waals surface area (Å²) >= 11 is 0. The first-order valence-corrected chi connectivity index (χ1v) is 7.00. The molecule has 2 N–H and O–H groups in total. The lowest BCUT2D eigenvalue weighted by atomic mass is 10.1. The number of halogens is 2. The third-order valence-electron chi connectivity index (χ3n) is 3.25. The van der Waals surface area contributed by atoms with E-state index in [0.29, 0.717) is 29.3 Å². The van der Waals surface area contributed by atoms with E-state index in [1.54, 1.807) is 25.1 Å². The molecular weight excluding hydrogens is 305 g/mol. The quantitative estimate of drug-likeness (QED) is 0.940. The average Bonchev–Trinajstić information content (AvgIpc) is 2.43. The fourth-order valence-electron chi connectivity index (χ4n) is 2.18. The van der Waals surface area contributed by atoms with Gasteiger partial charge < -0.3 is 5.73 Å². The van der Waals surface area contributed by atoms with Crippen molar-refractivity contribution in [2.75, 3.05) is 0 Å². The van der Waals surface area contributed by atoms with Crippen molar-refractivity contribution in [3.63, 3.8) is 0 Å². The van der Waals surface area contributed by atoms with Crippen molar-refractivity contribution in [3.05, 3.63) is 51.6 Å². The van der Waals surface area contributed by atoms with Crippen LogP contribution in [-0.2, 0) is 13.1 Å². The van der Waals surface area contributed by atoms with Crippen LogP contribution in [0.15, 0.2) is 29.1 Å². The fraction of sp³-hybridized carbons (Fsp3) is 0.375. The molecule has 22 heavy (non-hydrogen) atoms. The molecule has 0 amide bonds. The van der Waals surface area contributed by atoms with Crippen LogP contribution in [0.5, 0.6) is 0 Å². The normalized spacial score (nSPS) is 10.6. The summed E-state index contributed by atoms with van der Waals surface area (Å²) in [4.78, 5) is 12.1. The van der Waals surface area contributed by atoms with Gasteiger partial charge in [0.2, 0.25) is 0 Å². The maximum atomic E-state index is 13.5. The number of aromatic nitrogens is 2. The first-order chi connectivity index (χ1) is 9.92. The highest BCUT2D eigenvalue weighted by molar-refractivity contribution is 5.85. The summed E-state index contributed by atoms with van der Waals surface area (Å²) in [6.07, 6.45) is 0. The Morgan fingerprint density at radius 2 is 2.00 bits per heavy atom. The second-order valence-corrected chi connectivity index (χ2v) is 5.60. The Balaban J connectivity index is 0.00000242. The summed E-state index contributed by atoms with van der Waals surface area (Å²) < 4.78 is 15.0. The van der Waals surface area contributed by atoms with Crippen molar-refractivity contribution in [2.45, 2.75) is 33.9 Å². The topological polar surface area (TPSA) is 60.9 Å². The van der Waals surface area contributed by atoms with Gasteiger partial charge in [0, 0.05) is 29.8 Å². The molecule has 0 aliphatic heterocycles. The second kappa shape index (κ2) is 7.51. The number of rotatable bonds is 4. The van der Waals surface area contributed by atoms with Gasteiger partial charge in [0.25, 0.3) is 5.56 Å². The monoisotopic (exact) mass is 325 g/mol. The van der Waals surface area contributed by atoms with Crippen LogP contribution in [-0.4, -0.2) is 9.78 Å². The minimum Gasteiger partial charge on any atom is -0.326 e. The highest BCUT2D eigenvalue weighted by Gasteiger charge is 2.10. The summed E-state index contributed by atoms with van der Waals surface area (Å²) in [6, 6.07) is 6.45. The third kappa shape index (κ3) is 3.93. The van der Waals surface area contributed by atoms with Crippen LogP contribution < -0.4 is 11.3 Å². The Morgan fingerprint density at radius 1 is 1.32 bits per heavy atom. The first kappa shape index (κ1) is 18.3. The Bertz CT molecular complexity index is 713. The van der Waals surface area contributed by atoms with Crippen LogP contribution in [0.2, 0.25) is 0 Å². The maximum absolute atomic E-state index is 13.5. The molecule has 1 aromatic carbocycles. The van der Waals surface area contributed by atoms with E-state index >= 15 is 0 Å². The van der Waals surface area contributed by atoms with Gasteiger partial charge in [-0.25, -0.2) is 9.07 Å². The van der Waals surface area contributed by atoms with Crippen molar-refractivity contribution in [1.82, 2.24) is 9.78 Å². The maximum Gasteiger partial charge on any atom is 0.269 e. The predicted octanol–water partition coefficient (Wildman–Crippen LogP) is 2.89. The smallest absolute Gasteiger partial charge is 0.269 e. The summed E-state index contributed by atoms with van der Waals surface area (Å²) in [5.41, 5.74) is 7.92. The van der Waals surface area contributed by atoms with Crippen LogP contribution in [0.4, 0.5) is 4.39 Å². The molecule has 2 aromatic rings. The van der Waals surface area contributed by atoms with E-state index in [0.717, 1.165) is 5.56 Å². The predicted molar refractivity (Wildman–Crippen MR) is 88.6 cm³/mol. The largest absolute Gasteiger partial charge is 0.326 e. The molecule has 120 valence electrons. The van der Waals surface area contributed by atoms with E-state index in [1.807, 2.05) is 13.8 Å². The molecule has 0 aliphatic rings. The number of nitrogens with two attached hydrogens (primary N) is 1. The zero-order chi connectivity index (χ0) is 15.6. The second-order valence-electron chi connectivity index (χ2n) is 5.60. The minimum absolute atomic E-state index is 0. The van der Waals surface area contributed by atoms with Crippen molar-refractivity contribution in [1.29, 1.82) is 0 Å². The van der Waals surface area contributed by atoms with Crippen LogP contribution in [0.1, 0.15) is 25.0 Å². The molecule has 0 unspecified atom stereocenters. The fourth-order valence-corrected chi connectivity index (χ4v) is 2.18. The number of hydrogen-bond donors (Lipinski definition) is 1. The summed E-state index contributed by atoms with van der Waals surface area (Å²) in [7, 11) is 0. The van der Waals surface area contributed by atoms with Gasteiger partial charge in [0.1, 0.15) is 5.82 Å². The van der Waals surface area contributed by atoms with Gasteiger partial charge in [-0.2, -0.15) is 5.10 Å². The molecule has 1 aromatic heterocycles. The van der Waals surface area contributed by atoms with Gasteiger partial charge in [-0.1, -0.05) is 13.8 Å². The molecule has 0 saturated heterocycles. The molecule has 0 atom stereocenters. The van der Waals surface area contributed by atoms with E-state index < -0.39 is 0 Å². The highest BCUT2D eigenvalue weighted by atomic mass is 35.5. The number of benzene rings is 1. The van der Waals surface area contributed by atoms with Gasteiger partial charge in [0.15, 0.2) is 0 Å². The average molecular weight is 326 g/mol. The van der Waals surface area contributed by atoms with Crippen LogP contribution in [0.3, 0.4) is 0 Å². The van der Waals surface area contributed by atoms with Gasteiger partial charge >= 0.3 is 0 Å². The molecule has 0 radical (unpaired) electrons. The summed E-state index contributed by atoms with van der Waals surface area (Å²) in [5.74, 6) is -0.00820. The van der Waals surface area contributed by atoms with Crippen LogP contribution >= 0.6 is 12.4 Å². The molecule has 0 spiro atoms. The molecule has 2 rings (SSSR count). The summed E-state index contributed by atoms with van der Waals surface area (Å²) in [6.45, 7) is 6.50. The molecule has 0 aliphatic carbocycles. The Hall–Kier alpha value is -1.72. The minimum atomic E-state index is -0.325. The van der Waals surface area contributed by atoms with E-state index in [4.69, 9.17) is 5.73 Å². The highest BCUT2D eigenvalue weighted by Crippen LogP contribution is 2.20. The van der Waals surface area contributed by atoms with Crippen molar-refractivity contribution < 1.29 is 4.39 Å². The zero-order valence-corrected chi connectivity index (χ0v) is 13.8. The van der Waals surface area contributed by atoms with E-state index in [1.165, 1.54) is 10.7 Å². The van der Waals surface area contributed by atoms with E-state index in [2.05, 4.69) is 5.10 Å². The van der Waals surface area contributed by atoms with Crippen LogP contribution in [0, 0.1) is 18.7 Å². The lowest BCUT2D eigenvalue weighted by Crippen LogP contribution is -2.27. The Kier molecular flexibility index (Phi) is 6.26. The van der Waals surface area contributed by atoms with Gasteiger partial charge in [-0.15, -0.1) is 12.4 Å². The number of aryl methyl sites for hydroxylation is 1. The van der Waals surface area contributed by atoms with Gasteiger partial charge in [0.05, 0.1) is 5.69 Å². The Morgan fingerprint density at radius 3 is 2.59 bits per heavy atom. The molecule has 0 fully saturated rings. The van der Waals surface area contributed by atoms with Crippen molar-refractivity contribution in [2.24, 2.45) is 11.7 Å². The van der Waals surface area contributed by atoms with Crippen LogP contribution in [0.25, 0.3) is 11.3 Å². The molecule has 1 heterocycles. The first-order valence-electron chi connectivity index (χ1n) is 7.00. The number of hydrogen-bond acceptors (Lipinski definition) is 3. The number of nitrogens with zero attached hydrogens (tertiary/aromatic N) is 2. The molecule has 6 heteroatoms. The zero-order valence-electron chi connectivity index (χ0n) is 13.0. The summed E-state index contributed by atoms with van der Waals surface area (Å²) in [5, 5.41) is 4.39. The van der Waals surface area contributed by atoms with Gasteiger partial charge in [-0.3, -0.25) is 4.79 Å². The molecular formula is C16H21ClFN3O. The van der Waals surface area contributed by atoms with Crippen molar-refractivity contribution >= 4 is 12.4 Å². The molecule has 0 saturated carbocycles. The van der Waals surface area contributed by atoms with Gasteiger partial charge in [-0.05, 0) is 37.1 Å². The van der Waals surface area contributed by atoms with Crippen molar-refractivity contribution in [3.8, 4) is 11.3 Å². The third-order valence-corrected chi connectivity index (χ3v) is 3.25. The molecule has 0 bridgehead atoms. The standard InChI is InChI=1S/C16H20FN3O.ClH/c1-10(2)9-20-16(21)11(3)6-15(19-20)12-4-5-14(17)13(7-12)8-18;/h4-7,10H,8-9,18H2,1-3H3;1H. The Labute approximate surface area is 135 Å². The lowest BCUT2D eigenvalue weighted by Gasteiger charge is -2.11. The lowest BCUT2D eigenvalue weighted by molar-refractivity contribution is 0.463. The van der Waals surface area contributed by atoms with E-state index in [9.17, 15) is 9.18 Å². The van der Waals surface area contributed by atoms with E-state index in [-0.39, 0.29) is 30.3 Å². The SMILES string of the molecule is Cc1cc(-c2ccc(F)c(CN)c2)nn(CC(C)C)c1=O.Cl.